The van der Waals surface area contributed by atoms with Crippen LogP contribution in [0.5, 0.6) is 0 Å². The lowest BCUT2D eigenvalue weighted by atomic mass is 10.0. The summed E-state index contributed by atoms with van der Waals surface area (Å²) in [4.78, 5) is 16.2. The van der Waals surface area contributed by atoms with Gasteiger partial charge in [-0.1, -0.05) is 146 Å². The van der Waals surface area contributed by atoms with Gasteiger partial charge in [0.05, 0.1) is 22.1 Å². The number of fused-ring (bicyclic) bond motifs is 10. The van der Waals surface area contributed by atoms with Gasteiger partial charge in [0, 0.05) is 43.4 Å². The first-order valence-corrected chi connectivity index (χ1v) is 20.5. The number of benzene rings is 9. The number of hydrogen-bond acceptors (Lipinski definition) is 4. The largest absolute Gasteiger partial charge is 0.454 e. The average Bonchev–Trinajstić information content (AvgIpc) is 3.98. The molecule has 0 radical (unpaired) electrons. The van der Waals surface area contributed by atoms with E-state index in [1.54, 1.807) is 0 Å². The standard InChI is InChI=1S/C55H33N5O/c1-2-15-34(16-3-1)35-19-14-20-38(31-35)53-56-54(58-55(57-53)60-47-26-11-6-21-39(47)40-22-7-12-27-48(40)60)44-30-29-43-42-24-9-13-28-50(42)61-52(43)51(44)59-46-25-10-8-23-41(46)45-32-36-17-4-5-18-37(36)33-49(45)59/h1-33H. The first-order valence-electron chi connectivity index (χ1n) is 20.5. The van der Waals surface area contributed by atoms with Crippen molar-refractivity contribution in [3.8, 4) is 45.5 Å². The van der Waals surface area contributed by atoms with Crippen molar-refractivity contribution in [3.05, 3.63) is 200 Å². The minimum Gasteiger partial charge on any atom is -0.454 e. The van der Waals surface area contributed by atoms with Crippen LogP contribution in [0, 0.1) is 0 Å². The van der Waals surface area contributed by atoms with Gasteiger partial charge in [0.25, 0.3) is 0 Å². The fraction of sp³-hybridized carbons (Fsp3) is 0. The highest BCUT2D eigenvalue weighted by Crippen LogP contribution is 2.43. The summed E-state index contributed by atoms with van der Waals surface area (Å²) < 4.78 is 11.5. The zero-order valence-corrected chi connectivity index (χ0v) is 32.7. The number of aromatic nitrogens is 5. The third-order valence-corrected chi connectivity index (χ3v) is 12.2. The van der Waals surface area contributed by atoms with Crippen molar-refractivity contribution in [2.24, 2.45) is 0 Å². The van der Waals surface area contributed by atoms with Crippen LogP contribution in [0.2, 0.25) is 0 Å². The second kappa shape index (κ2) is 13.1. The predicted octanol–water partition coefficient (Wildman–Crippen LogP) is 14.1. The van der Waals surface area contributed by atoms with Crippen molar-refractivity contribution < 1.29 is 4.42 Å². The van der Waals surface area contributed by atoms with E-state index in [0.717, 1.165) is 98.9 Å². The van der Waals surface area contributed by atoms with Crippen molar-refractivity contribution in [3.63, 3.8) is 0 Å². The van der Waals surface area contributed by atoms with E-state index in [1.165, 1.54) is 5.39 Å². The van der Waals surface area contributed by atoms with E-state index in [9.17, 15) is 0 Å². The molecule has 13 rings (SSSR count). The monoisotopic (exact) mass is 779 g/mol. The molecule has 0 unspecified atom stereocenters. The fourth-order valence-corrected chi connectivity index (χ4v) is 9.39. The Balaban J connectivity index is 1.17. The summed E-state index contributed by atoms with van der Waals surface area (Å²) in [5.74, 6) is 1.64. The van der Waals surface area contributed by atoms with Gasteiger partial charge in [-0.2, -0.15) is 9.97 Å². The number of nitrogens with zero attached hydrogens (tertiary/aromatic N) is 5. The van der Waals surface area contributed by atoms with E-state index in [2.05, 4.69) is 191 Å². The van der Waals surface area contributed by atoms with Crippen molar-refractivity contribution >= 4 is 76.3 Å². The molecule has 0 spiro atoms. The SMILES string of the molecule is c1ccc(-c2cccc(-c3nc(-c4ccc5c(oc6ccccc65)c4-n4c5ccccc5c5cc6ccccc6cc54)nc(-n4c5ccccc5c5ccccc54)n3)c2)cc1. The number of para-hydroxylation sites is 4. The first kappa shape index (κ1) is 33.6. The van der Waals surface area contributed by atoms with Crippen LogP contribution >= 0.6 is 0 Å². The van der Waals surface area contributed by atoms with Crippen molar-refractivity contribution in [2.75, 3.05) is 0 Å². The molecule has 4 heterocycles. The minimum absolute atomic E-state index is 0.534. The van der Waals surface area contributed by atoms with Crippen LogP contribution in [-0.2, 0) is 0 Å². The smallest absolute Gasteiger partial charge is 0.238 e. The molecule has 284 valence electrons. The van der Waals surface area contributed by atoms with Gasteiger partial charge in [-0.15, -0.1) is 0 Å². The van der Waals surface area contributed by atoms with Crippen LogP contribution in [0.25, 0.3) is 122 Å². The Bertz CT molecular complexity index is 3840. The van der Waals surface area contributed by atoms with Gasteiger partial charge < -0.3 is 8.98 Å². The van der Waals surface area contributed by atoms with Gasteiger partial charge in [-0.05, 0) is 76.5 Å². The lowest BCUT2D eigenvalue weighted by molar-refractivity contribution is 0.666. The van der Waals surface area contributed by atoms with Gasteiger partial charge in [0.15, 0.2) is 17.2 Å². The third kappa shape index (κ3) is 5.12. The fourth-order valence-electron chi connectivity index (χ4n) is 9.39. The summed E-state index contributed by atoms with van der Waals surface area (Å²) in [6.07, 6.45) is 0. The molecule has 0 saturated heterocycles. The van der Waals surface area contributed by atoms with Gasteiger partial charge in [-0.3, -0.25) is 4.57 Å². The molecule has 0 aliphatic rings. The molecule has 0 atom stereocenters. The van der Waals surface area contributed by atoms with E-state index in [4.69, 9.17) is 19.4 Å². The lowest BCUT2D eigenvalue weighted by Gasteiger charge is -2.16. The molecule has 13 aromatic rings. The summed E-state index contributed by atoms with van der Waals surface area (Å²) in [6.45, 7) is 0. The number of hydrogen-bond donors (Lipinski definition) is 0. The van der Waals surface area contributed by atoms with Crippen LogP contribution in [0.3, 0.4) is 0 Å². The van der Waals surface area contributed by atoms with E-state index in [0.29, 0.717) is 17.6 Å². The highest BCUT2D eigenvalue weighted by molar-refractivity contribution is 6.17. The molecule has 0 amide bonds. The second-order valence-electron chi connectivity index (χ2n) is 15.6. The van der Waals surface area contributed by atoms with Gasteiger partial charge in [0.2, 0.25) is 5.95 Å². The molecule has 0 fully saturated rings. The minimum atomic E-state index is 0.534. The number of rotatable bonds is 5. The lowest BCUT2D eigenvalue weighted by Crippen LogP contribution is -2.08. The maximum Gasteiger partial charge on any atom is 0.238 e. The quantitative estimate of drug-likeness (QED) is 0.175. The summed E-state index contributed by atoms with van der Waals surface area (Å²) in [7, 11) is 0. The molecular weight excluding hydrogens is 747 g/mol. The van der Waals surface area contributed by atoms with Crippen LogP contribution in [0.1, 0.15) is 0 Å². The summed E-state index contributed by atoms with van der Waals surface area (Å²) in [6, 6.07) is 70.2. The summed E-state index contributed by atoms with van der Waals surface area (Å²) >= 11 is 0. The first-order chi connectivity index (χ1) is 30.2. The van der Waals surface area contributed by atoms with Crippen LogP contribution < -0.4 is 0 Å². The van der Waals surface area contributed by atoms with E-state index >= 15 is 0 Å². The molecule has 0 N–H and O–H groups in total. The Kier molecular flexibility index (Phi) is 7.21. The molecule has 4 aromatic heterocycles. The third-order valence-electron chi connectivity index (χ3n) is 12.2. The highest BCUT2D eigenvalue weighted by Gasteiger charge is 2.25. The normalized spacial score (nSPS) is 11.9. The zero-order valence-electron chi connectivity index (χ0n) is 32.7. The Morgan fingerprint density at radius 2 is 0.918 bits per heavy atom. The van der Waals surface area contributed by atoms with Crippen LogP contribution in [0.15, 0.2) is 205 Å². The molecule has 0 saturated carbocycles. The number of furan rings is 1. The van der Waals surface area contributed by atoms with Crippen LogP contribution in [-0.4, -0.2) is 24.1 Å². The summed E-state index contributed by atoms with van der Waals surface area (Å²) in [5.41, 5.74) is 10.6. The topological polar surface area (TPSA) is 61.7 Å². The van der Waals surface area contributed by atoms with Gasteiger partial charge in [0.1, 0.15) is 11.3 Å². The molecule has 0 aliphatic heterocycles. The Labute approximate surface area is 349 Å². The van der Waals surface area contributed by atoms with Crippen molar-refractivity contribution in [2.45, 2.75) is 0 Å². The molecule has 0 bridgehead atoms. The molecule has 61 heavy (non-hydrogen) atoms. The Hall–Kier alpha value is -8.35. The highest BCUT2D eigenvalue weighted by atomic mass is 16.3. The average molecular weight is 780 g/mol. The summed E-state index contributed by atoms with van der Waals surface area (Å²) in [5, 5.41) is 9.01. The molecule has 6 heteroatoms. The van der Waals surface area contributed by atoms with Crippen molar-refractivity contribution in [1.82, 2.24) is 24.1 Å². The zero-order chi connectivity index (χ0) is 40.0. The van der Waals surface area contributed by atoms with Gasteiger partial charge in [-0.25, -0.2) is 4.98 Å². The van der Waals surface area contributed by atoms with E-state index < -0.39 is 0 Å². The van der Waals surface area contributed by atoms with Gasteiger partial charge >= 0.3 is 0 Å². The Morgan fingerprint density at radius 3 is 1.67 bits per heavy atom. The molecule has 6 nitrogen and oxygen atoms in total. The predicted molar refractivity (Wildman–Crippen MR) is 250 cm³/mol. The van der Waals surface area contributed by atoms with Crippen LogP contribution in [0.4, 0.5) is 0 Å². The van der Waals surface area contributed by atoms with E-state index in [1.807, 2.05) is 18.2 Å². The maximum absolute atomic E-state index is 6.96. The second-order valence-corrected chi connectivity index (χ2v) is 15.6. The molecular formula is C55H33N5O. The Morgan fingerprint density at radius 1 is 0.344 bits per heavy atom. The van der Waals surface area contributed by atoms with Crippen molar-refractivity contribution in [1.29, 1.82) is 0 Å². The molecule has 9 aromatic carbocycles. The van der Waals surface area contributed by atoms with E-state index in [-0.39, 0.29) is 0 Å². The maximum atomic E-state index is 6.96. The molecule has 0 aliphatic carbocycles.